The molecule has 1 heterocycles. The van der Waals surface area contributed by atoms with Crippen molar-refractivity contribution in [1.29, 1.82) is 0 Å². The van der Waals surface area contributed by atoms with Gasteiger partial charge >= 0.3 is 0 Å². The molecule has 0 bridgehead atoms. The monoisotopic (exact) mass is 261 g/mol. The Kier molecular flexibility index (Phi) is 4.99. The molecule has 1 rings (SSSR count). The van der Waals surface area contributed by atoms with Crippen LogP contribution in [0.15, 0.2) is 15.2 Å². The molecule has 0 fully saturated rings. The Labute approximate surface area is 92.5 Å². The molecular formula is C10H16BrNS. The molecule has 0 spiro atoms. The normalized spacial score (nSPS) is 13.2. The van der Waals surface area contributed by atoms with Gasteiger partial charge in [-0.1, -0.05) is 26.2 Å². The van der Waals surface area contributed by atoms with Crippen LogP contribution in [0.1, 0.15) is 44.2 Å². The molecule has 0 aliphatic carbocycles. The van der Waals surface area contributed by atoms with Crippen molar-refractivity contribution in [3.05, 3.63) is 20.8 Å². The maximum absolute atomic E-state index is 6.03. The van der Waals surface area contributed by atoms with Crippen LogP contribution in [0.4, 0.5) is 0 Å². The second-order valence-corrected chi connectivity index (χ2v) is 5.58. The van der Waals surface area contributed by atoms with Crippen LogP contribution >= 0.6 is 27.3 Å². The topological polar surface area (TPSA) is 26.0 Å². The Bertz CT molecular complexity index is 247. The van der Waals surface area contributed by atoms with Gasteiger partial charge in [-0.3, -0.25) is 0 Å². The Hall–Kier alpha value is 0.140. The van der Waals surface area contributed by atoms with Gasteiger partial charge in [-0.05, 0) is 39.4 Å². The smallest absolute Gasteiger partial charge is 0.0701 e. The van der Waals surface area contributed by atoms with Gasteiger partial charge in [-0.15, -0.1) is 11.3 Å². The Balaban J connectivity index is 2.35. The van der Waals surface area contributed by atoms with Gasteiger partial charge in [0.15, 0.2) is 0 Å². The first-order valence-corrected chi connectivity index (χ1v) is 6.40. The lowest BCUT2D eigenvalue weighted by Gasteiger charge is -2.08. The highest BCUT2D eigenvalue weighted by atomic mass is 79.9. The highest BCUT2D eigenvalue weighted by molar-refractivity contribution is 9.11. The van der Waals surface area contributed by atoms with E-state index < -0.39 is 0 Å². The molecule has 13 heavy (non-hydrogen) atoms. The highest BCUT2D eigenvalue weighted by Crippen LogP contribution is 2.26. The molecule has 2 N–H and O–H groups in total. The highest BCUT2D eigenvalue weighted by Gasteiger charge is 2.06. The van der Waals surface area contributed by atoms with E-state index in [1.807, 2.05) is 0 Å². The van der Waals surface area contributed by atoms with Gasteiger partial charge in [0.1, 0.15) is 0 Å². The summed E-state index contributed by atoms with van der Waals surface area (Å²) in [5.41, 5.74) is 7.31. The summed E-state index contributed by atoms with van der Waals surface area (Å²) in [6, 6.07) is 2.36. The van der Waals surface area contributed by atoms with Crippen LogP contribution in [0.3, 0.4) is 0 Å². The summed E-state index contributed by atoms with van der Waals surface area (Å²) in [6.45, 7) is 2.21. The van der Waals surface area contributed by atoms with E-state index in [1.54, 1.807) is 11.3 Å². The number of halogens is 1. The van der Waals surface area contributed by atoms with Gasteiger partial charge in [-0.25, -0.2) is 0 Å². The zero-order valence-corrected chi connectivity index (χ0v) is 10.3. The van der Waals surface area contributed by atoms with Crippen molar-refractivity contribution < 1.29 is 0 Å². The van der Waals surface area contributed by atoms with E-state index in [9.17, 15) is 0 Å². The number of rotatable bonds is 5. The molecule has 1 unspecified atom stereocenters. The van der Waals surface area contributed by atoms with Crippen molar-refractivity contribution in [2.75, 3.05) is 0 Å². The first-order valence-electron chi connectivity index (χ1n) is 4.73. The molecule has 0 saturated carbocycles. The first-order chi connectivity index (χ1) is 6.24. The third-order valence-electron chi connectivity index (χ3n) is 2.13. The fraction of sp³-hybridized carbons (Fsp3) is 0.600. The fourth-order valence-corrected chi connectivity index (χ4v) is 2.54. The number of hydrogen-bond acceptors (Lipinski definition) is 2. The van der Waals surface area contributed by atoms with E-state index >= 15 is 0 Å². The van der Waals surface area contributed by atoms with Crippen molar-refractivity contribution >= 4 is 27.3 Å². The molecule has 0 aromatic carbocycles. The summed E-state index contributed by atoms with van der Waals surface area (Å²) in [6.07, 6.45) is 4.90. The Morgan fingerprint density at radius 1 is 1.54 bits per heavy atom. The summed E-state index contributed by atoms with van der Waals surface area (Å²) in [4.78, 5) is 0. The van der Waals surface area contributed by atoms with Gasteiger partial charge in [0, 0.05) is 6.04 Å². The molecule has 1 nitrogen and oxygen atoms in total. The van der Waals surface area contributed by atoms with Crippen LogP contribution < -0.4 is 5.73 Å². The van der Waals surface area contributed by atoms with Gasteiger partial charge < -0.3 is 5.73 Å². The van der Waals surface area contributed by atoms with Crippen LogP contribution in [0.2, 0.25) is 0 Å². The average molecular weight is 262 g/mol. The largest absolute Gasteiger partial charge is 0.324 e. The summed E-state index contributed by atoms with van der Waals surface area (Å²) in [7, 11) is 0. The molecule has 3 heteroatoms. The van der Waals surface area contributed by atoms with Crippen LogP contribution in [-0.4, -0.2) is 0 Å². The maximum atomic E-state index is 6.03. The zero-order chi connectivity index (χ0) is 9.68. The van der Waals surface area contributed by atoms with Crippen molar-refractivity contribution in [3.8, 4) is 0 Å². The molecule has 0 amide bonds. The van der Waals surface area contributed by atoms with Gasteiger partial charge in [0.2, 0.25) is 0 Å². The van der Waals surface area contributed by atoms with E-state index in [0.717, 1.165) is 6.42 Å². The fourth-order valence-electron chi connectivity index (χ4n) is 1.30. The van der Waals surface area contributed by atoms with E-state index in [2.05, 4.69) is 34.3 Å². The molecular weight excluding hydrogens is 246 g/mol. The van der Waals surface area contributed by atoms with Crippen molar-refractivity contribution in [1.82, 2.24) is 0 Å². The van der Waals surface area contributed by atoms with Gasteiger partial charge in [0.25, 0.3) is 0 Å². The summed E-state index contributed by atoms with van der Waals surface area (Å²) < 4.78 is 1.17. The zero-order valence-electron chi connectivity index (χ0n) is 7.92. The third-order valence-corrected chi connectivity index (χ3v) is 3.66. The Morgan fingerprint density at radius 3 is 2.85 bits per heavy atom. The standard InChI is InChI=1S/C10H16BrNS/c1-2-3-4-5-9(12)8-6-10(11)13-7-8/h6-7,9H,2-5,12H2,1H3. The minimum absolute atomic E-state index is 0.231. The van der Waals surface area contributed by atoms with Crippen molar-refractivity contribution in [2.24, 2.45) is 5.73 Å². The molecule has 1 atom stereocenters. The number of hydrogen-bond donors (Lipinski definition) is 1. The Morgan fingerprint density at radius 2 is 2.31 bits per heavy atom. The number of nitrogens with two attached hydrogens (primary N) is 1. The molecule has 0 aliphatic heterocycles. The minimum atomic E-state index is 0.231. The molecule has 1 aromatic rings. The predicted octanol–water partition coefficient (Wildman–Crippen LogP) is 4.09. The molecule has 0 aliphatic rings. The van der Waals surface area contributed by atoms with Crippen LogP contribution in [0.25, 0.3) is 0 Å². The van der Waals surface area contributed by atoms with E-state index in [0.29, 0.717) is 0 Å². The number of thiophene rings is 1. The molecule has 1 aromatic heterocycles. The van der Waals surface area contributed by atoms with Crippen LogP contribution in [0.5, 0.6) is 0 Å². The van der Waals surface area contributed by atoms with Crippen LogP contribution in [-0.2, 0) is 0 Å². The SMILES string of the molecule is CCCCCC(N)c1csc(Br)c1. The summed E-state index contributed by atoms with van der Waals surface area (Å²) >= 11 is 5.15. The quantitative estimate of drug-likeness (QED) is 0.794. The van der Waals surface area contributed by atoms with Crippen molar-refractivity contribution in [2.45, 2.75) is 38.6 Å². The van der Waals surface area contributed by atoms with Gasteiger partial charge in [-0.2, -0.15) is 0 Å². The first kappa shape index (κ1) is 11.2. The minimum Gasteiger partial charge on any atom is -0.324 e. The number of unbranched alkanes of at least 4 members (excludes halogenated alkanes) is 2. The van der Waals surface area contributed by atoms with Gasteiger partial charge in [0.05, 0.1) is 3.79 Å². The predicted molar refractivity (Wildman–Crippen MR) is 63.1 cm³/mol. The molecule has 0 saturated heterocycles. The maximum Gasteiger partial charge on any atom is 0.0701 e. The van der Waals surface area contributed by atoms with Crippen LogP contribution in [0, 0.1) is 0 Å². The lowest BCUT2D eigenvalue weighted by atomic mass is 10.0. The van der Waals surface area contributed by atoms with Crippen molar-refractivity contribution in [3.63, 3.8) is 0 Å². The lowest BCUT2D eigenvalue weighted by Crippen LogP contribution is -2.08. The van der Waals surface area contributed by atoms with E-state index in [4.69, 9.17) is 5.73 Å². The summed E-state index contributed by atoms with van der Waals surface area (Å²) in [5, 5.41) is 2.14. The second-order valence-electron chi connectivity index (χ2n) is 3.29. The third kappa shape index (κ3) is 3.79. The summed E-state index contributed by atoms with van der Waals surface area (Å²) in [5.74, 6) is 0. The molecule has 0 radical (unpaired) electrons. The average Bonchev–Trinajstić information content (AvgIpc) is 2.52. The lowest BCUT2D eigenvalue weighted by molar-refractivity contribution is 0.582. The van der Waals surface area contributed by atoms with E-state index in [-0.39, 0.29) is 6.04 Å². The second kappa shape index (κ2) is 5.78. The molecule has 74 valence electrons. The van der Waals surface area contributed by atoms with E-state index in [1.165, 1.54) is 28.6 Å².